The molecule has 1 unspecified atom stereocenters. The number of nitrogens with one attached hydrogen (secondary N) is 1. The molecule has 0 radical (unpaired) electrons. The van der Waals surface area contributed by atoms with Crippen molar-refractivity contribution in [2.45, 2.75) is 71.8 Å². The standard InChI is InChI=1S/C24H35ClN2O2/c1-16(2)21(26-22(28)18-7-5-6-8-18)23(29)27-14-13-20(24(3,4)15-27)17-9-11-19(25)12-10-17/h9-12,16,18,20-21H,5-8,13-15H2,1-4H3,(H,26,28)/t20?,21-/m1/s1. The molecule has 4 nitrogen and oxygen atoms in total. The summed E-state index contributed by atoms with van der Waals surface area (Å²) in [5, 5.41) is 3.83. The molecule has 29 heavy (non-hydrogen) atoms. The molecule has 160 valence electrons. The highest BCUT2D eigenvalue weighted by Crippen LogP contribution is 2.42. The van der Waals surface area contributed by atoms with E-state index >= 15 is 0 Å². The number of carbonyl (C=O) groups excluding carboxylic acids is 2. The van der Waals surface area contributed by atoms with Gasteiger partial charge in [0.2, 0.25) is 11.8 Å². The maximum absolute atomic E-state index is 13.4. The van der Waals surface area contributed by atoms with E-state index in [1.165, 1.54) is 5.56 Å². The van der Waals surface area contributed by atoms with Crippen molar-refractivity contribution >= 4 is 23.4 Å². The van der Waals surface area contributed by atoms with Crippen molar-refractivity contribution in [3.8, 4) is 0 Å². The van der Waals surface area contributed by atoms with Gasteiger partial charge in [0.05, 0.1) is 0 Å². The molecule has 3 rings (SSSR count). The third kappa shape index (κ3) is 5.14. The first kappa shape index (κ1) is 22.1. The third-order valence-corrected chi connectivity index (χ3v) is 7.02. The molecule has 2 aliphatic rings. The third-order valence-electron chi connectivity index (χ3n) is 6.77. The van der Waals surface area contributed by atoms with Crippen molar-refractivity contribution in [2.75, 3.05) is 13.1 Å². The average molecular weight is 419 g/mol. The molecule has 1 N–H and O–H groups in total. The van der Waals surface area contributed by atoms with Crippen LogP contribution in [0.4, 0.5) is 0 Å². The molecule has 0 bridgehead atoms. The number of piperidine rings is 1. The highest BCUT2D eigenvalue weighted by molar-refractivity contribution is 6.30. The lowest BCUT2D eigenvalue weighted by molar-refractivity contribution is -0.141. The van der Waals surface area contributed by atoms with Gasteiger partial charge in [-0.25, -0.2) is 0 Å². The Balaban J connectivity index is 1.68. The summed E-state index contributed by atoms with van der Waals surface area (Å²) < 4.78 is 0. The van der Waals surface area contributed by atoms with Gasteiger partial charge in [-0.15, -0.1) is 0 Å². The molecule has 5 heteroatoms. The van der Waals surface area contributed by atoms with E-state index in [0.29, 0.717) is 12.5 Å². The van der Waals surface area contributed by atoms with E-state index in [2.05, 4.69) is 31.3 Å². The Morgan fingerprint density at radius 3 is 2.28 bits per heavy atom. The Morgan fingerprint density at radius 2 is 1.72 bits per heavy atom. The summed E-state index contributed by atoms with van der Waals surface area (Å²) in [5.41, 5.74) is 1.24. The van der Waals surface area contributed by atoms with Gasteiger partial charge in [-0.1, -0.05) is 64.3 Å². The Kier molecular flexibility index (Phi) is 6.93. The van der Waals surface area contributed by atoms with E-state index in [-0.39, 0.29) is 29.1 Å². The van der Waals surface area contributed by atoms with Gasteiger partial charge < -0.3 is 10.2 Å². The summed E-state index contributed by atoms with van der Waals surface area (Å²) in [4.78, 5) is 28.0. The van der Waals surface area contributed by atoms with Crippen LogP contribution in [-0.2, 0) is 9.59 Å². The molecule has 0 spiro atoms. The largest absolute Gasteiger partial charge is 0.344 e. The van der Waals surface area contributed by atoms with Crippen LogP contribution in [0, 0.1) is 17.3 Å². The lowest BCUT2D eigenvalue weighted by atomic mass is 9.70. The number of hydrogen-bond donors (Lipinski definition) is 1. The summed E-state index contributed by atoms with van der Waals surface area (Å²) >= 11 is 6.05. The van der Waals surface area contributed by atoms with E-state index in [0.717, 1.165) is 43.7 Å². The molecular weight excluding hydrogens is 384 g/mol. The van der Waals surface area contributed by atoms with Gasteiger partial charge in [0, 0.05) is 24.0 Å². The zero-order valence-electron chi connectivity index (χ0n) is 18.2. The number of rotatable bonds is 5. The van der Waals surface area contributed by atoms with Crippen molar-refractivity contribution in [1.82, 2.24) is 10.2 Å². The van der Waals surface area contributed by atoms with E-state index in [1.807, 2.05) is 30.9 Å². The maximum atomic E-state index is 13.4. The molecule has 2 amide bonds. The predicted molar refractivity (Wildman–Crippen MR) is 118 cm³/mol. The fourth-order valence-electron chi connectivity index (χ4n) is 5.03. The molecule has 1 aromatic carbocycles. The molecule has 1 heterocycles. The predicted octanol–water partition coefficient (Wildman–Crippen LogP) is 5.01. The second-order valence-corrected chi connectivity index (χ2v) is 10.3. The topological polar surface area (TPSA) is 49.4 Å². The quantitative estimate of drug-likeness (QED) is 0.730. The molecule has 1 saturated heterocycles. The first-order valence-corrected chi connectivity index (χ1v) is 11.4. The summed E-state index contributed by atoms with van der Waals surface area (Å²) in [6, 6.07) is 7.65. The van der Waals surface area contributed by atoms with Gasteiger partial charge >= 0.3 is 0 Å². The Bertz CT molecular complexity index is 723. The maximum Gasteiger partial charge on any atom is 0.245 e. The van der Waals surface area contributed by atoms with E-state index < -0.39 is 6.04 Å². The second-order valence-electron chi connectivity index (χ2n) is 9.85. The van der Waals surface area contributed by atoms with Crippen LogP contribution >= 0.6 is 11.6 Å². The Morgan fingerprint density at radius 1 is 1.10 bits per heavy atom. The van der Waals surface area contributed by atoms with Crippen LogP contribution < -0.4 is 5.32 Å². The fraction of sp³-hybridized carbons (Fsp3) is 0.667. The van der Waals surface area contributed by atoms with E-state index in [9.17, 15) is 9.59 Å². The minimum atomic E-state index is -0.439. The van der Waals surface area contributed by atoms with Crippen molar-refractivity contribution < 1.29 is 9.59 Å². The van der Waals surface area contributed by atoms with Gasteiger partial charge in [-0.3, -0.25) is 9.59 Å². The molecule has 2 atom stereocenters. The number of likely N-dealkylation sites (tertiary alicyclic amines) is 1. The fourth-order valence-corrected chi connectivity index (χ4v) is 5.15. The minimum absolute atomic E-state index is 0.0429. The minimum Gasteiger partial charge on any atom is -0.344 e. The van der Waals surface area contributed by atoms with Crippen molar-refractivity contribution in [3.05, 3.63) is 34.9 Å². The SMILES string of the molecule is CC(C)[C@@H](NC(=O)C1CCCC1)C(=O)N1CCC(c2ccc(Cl)cc2)C(C)(C)C1. The monoisotopic (exact) mass is 418 g/mol. The van der Waals surface area contributed by atoms with Gasteiger partial charge in [0.15, 0.2) is 0 Å². The molecular formula is C24H35ClN2O2. The van der Waals surface area contributed by atoms with Crippen molar-refractivity contribution in [3.63, 3.8) is 0 Å². The Hall–Kier alpha value is -1.55. The van der Waals surface area contributed by atoms with Crippen LogP contribution in [0.1, 0.15) is 71.3 Å². The molecule has 1 aromatic rings. The molecule has 1 saturated carbocycles. The average Bonchev–Trinajstić information content (AvgIpc) is 3.20. The van der Waals surface area contributed by atoms with E-state index in [1.54, 1.807) is 0 Å². The Labute approximate surface area is 180 Å². The molecule has 1 aliphatic carbocycles. The summed E-state index contributed by atoms with van der Waals surface area (Å²) in [6.07, 6.45) is 5.05. The van der Waals surface area contributed by atoms with Gasteiger partial charge in [0.1, 0.15) is 6.04 Å². The second kappa shape index (κ2) is 9.07. The van der Waals surface area contributed by atoms with Crippen LogP contribution in [0.2, 0.25) is 5.02 Å². The number of hydrogen-bond acceptors (Lipinski definition) is 2. The summed E-state index contributed by atoms with van der Waals surface area (Å²) in [7, 11) is 0. The zero-order chi connectivity index (χ0) is 21.2. The summed E-state index contributed by atoms with van der Waals surface area (Å²) in [5.74, 6) is 0.661. The highest BCUT2D eigenvalue weighted by atomic mass is 35.5. The van der Waals surface area contributed by atoms with Gasteiger partial charge in [0.25, 0.3) is 0 Å². The van der Waals surface area contributed by atoms with Gasteiger partial charge in [-0.05, 0) is 54.2 Å². The van der Waals surface area contributed by atoms with Crippen LogP contribution in [0.3, 0.4) is 0 Å². The zero-order valence-corrected chi connectivity index (χ0v) is 19.0. The first-order chi connectivity index (χ1) is 13.7. The normalized spacial score (nSPS) is 23.2. The smallest absolute Gasteiger partial charge is 0.245 e. The van der Waals surface area contributed by atoms with E-state index in [4.69, 9.17) is 11.6 Å². The molecule has 1 aliphatic heterocycles. The summed E-state index contributed by atoms with van der Waals surface area (Å²) in [6.45, 7) is 9.91. The van der Waals surface area contributed by atoms with Crippen LogP contribution in [0.5, 0.6) is 0 Å². The van der Waals surface area contributed by atoms with Crippen LogP contribution in [0.15, 0.2) is 24.3 Å². The number of amides is 2. The number of carbonyl (C=O) groups is 2. The lowest BCUT2D eigenvalue weighted by Gasteiger charge is -2.46. The first-order valence-electron chi connectivity index (χ1n) is 11.0. The highest BCUT2D eigenvalue weighted by Gasteiger charge is 2.41. The van der Waals surface area contributed by atoms with Crippen molar-refractivity contribution in [1.29, 1.82) is 0 Å². The number of nitrogens with zero attached hydrogens (tertiary/aromatic N) is 1. The lowest BCUT2D eigenvalue weighted by Crippen LogP contribution is -2.56. The van der Waals surface area contributed by atoms with Crippen LogP contribution in [-0.4, -0.2) is 35.8 Å². The van der Waals surface area contributed by atoms with Crippen LogP contribution in [0.25, 0.3) is 0 Å². The molecule has 2 fully saturated rings. The van der Waals surface area contributed by atoms with Gasteiger partial charge in [-0.2, -0.15) is 0 Å². The number of benzene rings is 1. The molecule has 0 aromatic heterocycles. The van der Waals surface area contributed by atoms with Crippen molar-refractivity contribution in [2.24, 2.45) is 17.3 Å². The number of halogens is 1.